The molecule has 0 bridgehead atoms. The van der Waals surface area contributed by atoms with Crippen molar-refractivity contribution in [1.82, 2.24) is 15.0 Å². The molecule has 0 spiro atoms. The van der Waals surface area contributed by atoms with Crippen LogP contribution in [0.4, 0.5) is 0 Å². The molecule has 3 heteroatoms. The second-order valence-corrected chi connectivity index (χ2v) is 21.1. The third-order valence-corrected chi connectivity index (χ3v) is 13.5. The van der Waals surface area contributed by atoms with Crippen LogP contribution in [0.2, 0.25) is 0 Å². The molecule has 3 nitrogen and oxygen atoms in total. The molecule has 408 valence electrons. The Balaban J connectivity index is 0.000000171. The van der Waals surface area contributed by atoms with Crippen molar-refractivity contribution in [3.8, 4) is 0 Å². The van der Waals surface area contributed by atoms with Crippen LogP contribution in [0.25, 0.3) is 43.1 Å². The van der Waals surface area contributed by atoms with Gasteiger partial charge in [0.05, 0.1) is 0 Å². The lowest BCUT2D eigenvalue weighted by atomic mass is 9.93. The summed E-state index contributed by atoms with van der Waals surface area (Å²) in [6, 6.07) is 74.4. The van der Waals surface area contributed by atoms with Gasteiger partial charge in [-0.05, 0) is 212 Å². The molecule has 3 heterocycles. The number of aryl methyl sites for hydroxylation is 16. The summed E-state index contributed by atoms with van der Waals surface area (Å²) < 4.78 is 0. The van der Waals surface area contributed by atoms with Crippen molar-refractivity contribution in [2.45, 2.75) is 111 Å². The normalized spacial score (nSPS) is 10.0. The van der Waals surface area contributed by atoms with Gasteiger partial charge in [-0.2, -0.15) is 0 Å². The van der Waals surface area contributed by atoms with Gasteiger partial charge in [-0.1, -0.05) is 221 Å². The van der Waals surface area contributed by atoms with Crippen LogP contribution in [0, 0.1) is 111 Å². The van der Waals surface area contributed by atoms with Crippen molar-refractivity contribution in [1.29, 1.82) is 0 Å². The molecule has 80 heavy (non-hydrogen) atoms. The maximum Gasteiger partial charge on any atom is 0.0375 e. The van der Waals surface area contributed by atoms with Crippen molar-refractivity contribution < 1.29 is 0 Å². The molecule has 0 N–H and O–H groups in total. The van der Waals surface area contributed by atoms with E-state index in [2.05, 4.69) is 266 Å². The molecule has 9 aromatic carbocycles. The number of fused-ring (bicyclic) bond motifs is 4. The maximum absolute atomic E-state index is 4.17. The molecule has 0 aliphatic heterocycles. The fourth-order valence-corrected chi connectivity index (χ4v) is 8.86. The van der Waals surface area contributed by atoms with E-state index < -0.39 is 0 Å². The highest BCUT2D eigenvalue weighted by Gasteiger charge is 2.07. The van der Waals surface area contributed by atoms with Crippen molar-refractivity contribution >= 4 is 43.1 Å². The fourth-order valence-electron chi connectivity index (χ4n) is 8.86. The zero-order chi connectivity index (χ0) is 58.1. The van der Waals surface area contributed by atoms with Gasteiger partial charge in [0.15, 0.2) is 0 Å². The first-order valence-corrected chi connectivity index (χ1v) is 27.8. The fraction of sp³-hybridized carbons (Fsp3) is 0.208. The van der Waals surface area contributed by atoms with Gasteiger partial charge in [0.25, 0.3) is 0 Å². The summed E-state index contributed by atoms with van der Waals surface area (Å²) in [6.45, 7) is 33.4. The monoisotopic (exact) mass is 1050 g/mol. The van der Waals surface area contributed by atoms with Crippen molar-refractivity contribution in [3.05, 3.63) is 314 Å². The van der Waals surface area contributed by atoms with Gasteiger partial charge in [0.1, 0.15) is 0 Å². The Labute approximate surface area is 480 Å². The molecule has 0 saturated carbocycles. The quantitative estimate of drug-likeness (QED) is 0.142. The van der Waals surface area contributed by atoms with E-state index >= 15 is 0 Å². The van der Waals surface area contributed by atoms with Gasteiger partial charge in [0, 0.05) is 35.2 Å². The molecular formula is C77H85N3. The first-order valence-electron chi connectivity index (χ1n) is 27.8. The number of hydrogen-bond acceptors (Lipinski definition) is 3. The molecule has 0 fully saturated rings. The van der Waals surface area contributed by atoms with Crippen molar-refractivity contribution in [3.63, 3.8) is 0 Å². The smallest absolute Gasteiger partial charge is 0.0375 e. The molecule has 0 atom stereocenters. The lowest BCUT2D eigenvalue weighted by Crippen LogP contribution is -1.87. The van der Waals surface area contributed by atoms with Gasteiger partial charge in [-0.15, -0.1) is 0 Å². The Morgan fingerprint density at radius 2 is 0.512 bits per heavy atom. The van der Waals surface area contributed by atoms with Crippen molar-refractivity contribution in [2.24, 2.45) is 0 Å². The van der Waals surface area contributed by atoms with Crippen LogP contribution in [0.3, 0.4) is 0 Å². The Morgan fingerprint density at radius 3 is 0.787 bits per heavy atom. The predicted octanol–water partition coefficient (Wildman–Crippen LogP) is 21.2. The van der Waals surface area contributed by atoms with Crippen LogP contribution in [-0.4, -0.2) is 15.0 Å². The van der Waals surface area contributed by atoms with E-state index in [1.807, 2.05) is 84.3 Å². The van der Waals surface area contributed by atoms with Crippen LogP contribution < -0.4 is 0 Å². The number of nitrogens with zero attached hydrogens (tertiary/aromatic N) is 3. The van der Waals surface area contributed by atoms with Crippen LogP contribution in [0.15, 0.2) is 225 Å². The van der Waals surface area contributed by atoms with Gasteiger partial charge < -0.3 is 0 Å². The summed E-state index contributed by atoms with van der Waals surface area (Å²) in [5.74, 6) is 0. The lowest BCUT2D eigenvalue weighted by Gasteiger charge is -2.11. The average molecular weight is 1050 g/mol. The summed E-state index contributed by atoms with van der Waals surface area (Å²) in [7, 11) is 0. The zero-order valence-electron chi connectivity index (χ0n) is 50.7. The Hall–Kier alpha value is -8.53. The lowest BCUT2D eigenvalue weighted by molar-refractivity contribution is 1.12. The Kier molecular flexibility index (Phi) is 24.7. The number of pyridine rings is 3. The molecule has 0 amide bonds. The summed E-state index contributed by atoms with van der Waals surface area (Å²) in [5.41, 5.74) is 20.2. The zero-order valence-corrected chi connectivity index (χ0v) is 50.7. The number of benzene rings is 9. The highest BCUT2D eigenvalue weighted by atomic mass is 14.7. The molecule has 3 aromatic heterocycles. The summed E-state index contributed by atoms with van der Waals surface area (Å²) in [4.78, 5) is 12.3. The van der Waals surface area contributed by atoms with E-state index in [0.29, 0.717) is 0 Å². The van der Waals surface area contributed by atoms with E-state index in [9.17, 15) is 0 Å². The van der Waals surface area contributed by atoms with E-state index in [1.165, 1.54) is 110 Å². The van der Waals surface area contributed by atoms with Crippen LogP contribution >= 0.6 is 0 Å². The molecule has 0 aliphatic rings. The molecule has 0 radical (unpaired) electrons. The first-order chi connectivity index (χ1) is 38.3. The predicted molar refractivity (Wildman–Crippen MR) is 351 cm³/mol. The maximum atomic E-state index is 4.17. The summed E-state index contributed by atoms with van der Waals surface area (Å²) in [6.07, 6.45) is 3.74. The third kappa shape index (κ3) is 20.7. The molecule has 0 unspecified atom stereocenters. The average Bonchev–Trinajstić information content (AvgIpc) is 3.51. The van der Waals surface area contributed by atoms with E-state index in [-0.39, 0.29) is 0 Å². The SMILES string of the molecule is Cc1c2ccccc2c(C)c2ccccc12.Cc1ccc(C)c2ccccc12.Cc1ccc(C)cc1.Cc1ccc(C)nc1.Cc1ccc(C)nc1.Cc1ccc2cc(C)ccc2c1.Cc1cccc(C)c1.Cc1cccc(C)n1. The topological polar surface area (TPSA) is 38.7 Å². The summed E-state index contributed by atoms with van der Waals surface area (Å²) >= 11 is 0. The molecule has 12 rings (SSSR count). The highest BCUT2D eigenvalue weighted by molar-refractivity contribution is 6.05. The van der Waals surface area contributed by atoms with Gasteiger partial charge in [0.2, 0.25) is 0 Å². The van der Waals surface area contributed by atoms with Gasteiger partial charge in [-0.25, -0.2) is 0 Å². The van der Waals surface area contributed by atoms with Crippen LogP contribution in [-0.2, 0) is 0 Å². The molecule has 0 aliphatic carbocycles. The van der Waals surface area contributed by atoms with E-state index in [0.717, 1.165) is 22.8 Å². The van der Waals surface area contributed by atoms with E-state index in [4.69, 9.17) is 0 Å². The first kappa shape index (κ1) is 62.3. The Morgan fingerprint density at radius 1 is 0.212 bits per heavy atom. The highest BCUT2D eigenvalue weighted by Crippen LogP contribution is 2.31. The van der Waals surface area contributed by atoms with Gasteiger partial charge >= 0.3 is 0 Å². The molecule has 12 aromatic rings. The minimum Gasteiger partial charge on any atom is -0.261 e. The van der Waals surface area contributed by atoms with Gasteiger partial charge in [-0.3, -0.25) is 15.0 Å². The summed E-state index contributed by atoms with van der Waals surface area (Å²) in [5, 5.41) is 10.9. The van der Waals surface area contributed by atoms with Crippen LogP contribution in [0.5, 0.6) is 0 Å². The standard InChI is InChI=1S/C16H14.2C12H12.2C8H10.3C7H9N/c1-11-13-7-3-5-9-15(13)12(2)16-10-6-4-8-14(11)16;1-9-3-5-12-8-10(2)4-6-11(12)7-9;1-9-7-8-10(2)12-6-4-3-5-11(9)12;1-7-3-5-8(2)6-4-7;1-7-4-3-5-8(2)6-7;2*1-6-3-4-7(2)8-5-6;1-6-4-3-5-7(2)8-6/h3-10H,1-2H3;2*3-8H,1-2H3;2*3-6H,1-2H3;3*3-5H,1-2H3. The van der Waals surface area contributed by atoms with Crippen molar-refractivity contribution in [2.75, 3.05) is 0 Å². The minimum atomic E-state index is 1.08. The molecular weight excluding hydrogens is 967 g/mol. The number of hydrogen-bond donors (Lipinski definition) is 0. The second kappa shape index (κ2) is 31.8. The number of aromatic nitrogens is 3. The third-order valence-electron chi connectivity index (χ3n) is 13.5. The Bertz CT molecular complexity index is 3370. The number of rotatable bonds is 0. The molecule has 0 saturated heterocycles. The minimum absolute atomic E-state index is 1.08. The largest absolute Gasteiger partial charge is 0.261 e. The second-order valence-electron chi connectivity index (χ2n) is 21.1. The van der Waals surface area contributed by atoms with Crippen LogP contribution in [0.1, 0.15) is 89.5 Å². The van der Waals surface area contributed by atoms with E-state index in [1.54, 1.807) is 0 Å².